The number of fused-ring (bicyclic) bond motifs is 1. The Kier molecular flexibility index (Phi) is 4.47. The van der Waals surface area contributed by atoms with Crippen molar-refractivity contribution in [2.75, 3.05) is 25.0 Å². The smallest absolute Gasteiger partial charge is 0.287 e. The highest BCUT2D eigenvalue weighted by atomic mass is 35.5. The fraction of sp³-hybridized carbons (Fsp3) is 0.714. The van der Waals surface area contributed by atoms with Gasteiger partial charge in [0.15, 0.2) is 0 Å². The third-order valence-electron chi connectivity index (χ3n) is 4.49. The summed E-state index contributed by atoms with van der Waals surface area (Å²) in [5.41, 5.74) is 0.252. The summed E-state index contributed by atoms with van der Waals surface area (Å²) < 4.78 is 1.19. The van der Waals surface area contributed by atoms with Crippen molar-refractivity contribution in [2.45, 2.75) is 44.3 Å². The van der Waals surface area contributed by atoms with Gasteiger partial charge in [0.2, 0.25) is 0 Å². The van der Waals surface area contributed by atoms with Crippen molar-refractivity contribution in [2.24, 2.45) is 0 Å². The lowest BCUT2D eigenvalue weighted by atomic mass is 9.99. The molecule has 1 aromatic rings. The maximum atomic E-state index is 12.0. The Hall–Kier alpha value is -1.11. The van der Waals surface area contributed by atoms with E-state index in [1.165, 1.54) is 30.5 Å². The molecule has 0 saturated carbocycles. The van der Waals surface area contributed by atoms with Gasteiger partial charge in [-0.25, -0.2) is 4.68 Å². The van der Waals surface area contributed by atoms with Crippen molar-refractivity contribution in [3.8, 4) is 0 Å². The molecule has 0 aliphatic carbocycles. The Morgan fingerprint density at radius 2 is 2.24 bits per heavy atom. The summed E-state index contributed by atoms with van der Waals surface area (Å²) in [6.07, 6.45) is 6.40. The monoisotopic (exact) mass is 312 g/mol. The Morgan fingerprint density at radius 3 is 3.05 bits per heavy atom. The first-order valence-electron chi connectivity index (χ1n) is 7.58. The van der Waals surface area contributed by atoms with Crippen molar-refractivity contribution in [1.29, 1.82) is 0 Å². The predicted octanol–water partition coefficient (Wildman–Crippen LogP) is 0.928. The summed E-state index contributed by atoms with van der Waals surface area (Å²) in [7, 11) is 0. The summed E-state index contributed by atoms with van der Waals surface area (Å²) in [4.78, 5) is 14.6. The van der Waals surface area contributed by atoms with Crippen molar-refractivity contribution in [3.05, 3.63) is 21.6 Å². The summed E-state index contributed by atoms with van der Waals surface area (Å²) in [6.45, 7) is 2.32. The minimum Gasteiger partial charge on any atom is -0.394 e. The molecule has 2 fully saturated rings. The lowest BCUT2D eigenvalue weighted by molar-refractivity contribution is 0.192. The van der Waals surface area contributed by atoms with E-state index in [1.807, 2.05) is 0 Å². The fourth-order valence-corrected chi connectivity index (χ4v) is 3.64. The van der Waals surface area contributed by atoms with Crippen LogP contribution in [0.15, 0.2) is 11.0 Å². The summed E-state index contributed by atoms with van der Waals surface area (Å²) in [6, 6.07) is 0.868. The Morgan fingerprint density at radius 1 is 1.38 bits per heavy atom. The van der Waals surface area contributed by atoms with Gasteiger partial charge in [0.05, 0.1) is 25.0 Å². The van der Waals surface area contributed by atoms with Gasteiger partial charge in [-0.1, -0.05) is 18.0 Å². The van der Waals surface area contributed by atoms with Crippen LogP contribution in [0, 0.1) is 0 Å². The van der Waals surface area contributed by atoms with E-state index in [2.05, 4.69) is 15.3 Å². The first-order valence-corrected chi connectivity index (χ1v) is 7.95. The number of halogens is 1. The zero-order valence-electron chi connectivity index (χ0n) is 12.0. The molecule has 116 valence electrons. The largest absolute Gasteiger partial charge is 0.394 e. The minimum atomic E-state index is -0.353. The van der Waals surface area contributed by atoms with Crippen LogP contribution in [0.2, 0.25) is 5.02 Å². The van der Waals surface area contributed by atoms with Gasteiger partial charge in [0.25, 0.3) is 5.56 Å². The molecule has 0 aromatic carbocycles. The second-order valence-electron chi connectivity index (χ2n) is 5.76. The third-order valence-corrected chi connectivity index (χ3v) is 4.86. The zero-order chi connectivity index (χ0) is 14.8. The Labute approximate surface area is 128 Å². The Bertz CT molecular complexity index is 562. The van der Waals surface area contributed by atoms with Crippen LogP contribution < -0.4 is 10.9 Å². The lowest BCUT2D eigenvalue weighted by Gasteiger charge is -2.33. The van der Waals surface area contributed by atoms with E-state index in [0.717, 1.165) is 13.0 Å². The molecule has 2 N–H and O–H groups in total. The lowest BCUT2D eigenvalue weighted by Crippen LogP contribution is -2.42. The maximum absolute atomic E-state index is 12.0. The fourth-order valence-electron chi connectivity index (χ4n) is 3.44. The number of hydrogen-bond acceptors (Lipinski definition) is 5. The van der Waals surface area contributed by atoms with E-state index in [4.69, 9.17) is 16.7 Å². The van der Waals surface area contributed by atoms with Crippen LogP contribution in [0.4, 0.5) is 5.69 Å². The summed E-state index contributed by atoms with van der Waals surface area (Å²) in [5, 5.41) is 16.5. The molecule has 0 bridgehead atoms. The van der Waals surface area contributed by atoms with Gasteiger partial charge < -0.3 is 10.4 Å². The number of aliphatic hydroxyl groups is 1. The van der Waals surface area contributed by atoms with E-state index in [-0.39, 0.29) is 23.7 Å². The minimum absolute atomic E-state index is 0.129. The van der Waals surface area contributed by atoms with Crippen LogP contribution in [0.5, 0.6) is 0 Å². The van der Waals surface area contributed by atoms with Gasteiger partial charge >= 0.3 is 0 Å². The molecular weight excluding hydrogens is 292 g/mol. The van der Waals surface area contributed by atoms with E-state index in [0.29, 0.717) is 17.8 Å². The van der Waals surface area contributed by atoms with E-state index >= 15 is 0 Å². The second kappa shape index (κ2) is 6.34. The van der Waals surface area contributed by atoms with E-state index in [9.17, 15) is 4.79 Å². The number of nitrogens with zero attached hydrogens (tertiary/aromatic N) is 3. The van der Waals surface area contributed by atoms with Gasteiger partial charge in [-0.15, -0.1) is 0 Å². The average Bonchev–Trinajstić information content (AvgIpc) is 2.90. The molecule has 1 aromatic heterocycles. The third kappa shape index (κ3) is 2.93. The predicted molar refractivity (Wildman–Crippen MR) is 81.8 cm³/mol. The first kappa shape index (κ1) is 14.8. The molecule has 21 heavy (non-hydrogen) atoms. The molecule has 6 nitrogen and oxygen atoms in total. The number of hydrogen-bond donors (Lipinski definition) is 2. The Balaban J connectivity index is 1.76. The first-order chi connectivity index (χ1) is 10.2. The molecule has 3 heterocycles. The van der Waals surface area contributed by atoms with Crippen LogP contribution in [0.1, 0.15) is 25.7 Å². The molecular formula is C14H21ClN4O2. The highest BCUT2D eigenvalue weighted by Crippen LogP contribution is 2.30. The van der Waals surface area contributed by atoms with Crippen LogP contribution in [-0.2, 0) is 6.54 Å². The SMILES string of the molecule is O=c1c(Cl)c(NC2CCN3CCCCC23)cnn1CCO. The number of piperidine rings is 1. The molecule has 2 saturated heterocycles. The van der Waals surface area contributed by atoms with Gasteiger partial charge in [0.1, 0.15) is 5.02 Å². The van der Waals surface area contributed by atoms with Gasteiger partial charge in [-0.05, 0) is 25.8 Å². The van der Waals surface area contributed by atoms with Crippen LogP contribution in [-0.4, -0.2) is 51.6 Å². The number of nitrogens with one attached hydrogen (secondary N) is 1. The summed E-state index contributed by atoms with van der Waals surface area (Å²) >= 11 is 6.16. The van der Waals surface area contributed by atoms with Gasteiger partial charge in [-0.3, -0.25) is 9.69 Å². The average molecular weight is 313 g/mol. The highest BCUT2D eigenvalue weighted by Gasteiger charge is 2.35. The molecule has 3 rings (SSSR count). The van der Waals surface area contributed by atoms with Crippen molar-refractivity contribution in [3.63, 3.8) is 0 Å². The van der Waals surface area contributed by atoms with Crippen molar-refractivity contribution < 1.29 is 5.11 Å². The van der Waals surface area contributed by atoms with Crippen LogP contribution in [0.25, 0.3) is 0 Å². The van der Waals surface area contributed by atoms with Gasteiger partial charge in [-0.2, -0.15) is 5.10 Å². The van der Waals surface area contributed by atoms with E-state index in [1.54, 1.807) is 6.20 Å². The molecule has 2 aliphatic heterocycles. The van der Waals surface area contributed by atoms with Crippen molar-refractivity contribution >= 4 is 17.3 Å². The quantitative estimate of drug-likeness (QED) is 0.865. The highest BCUT2D eigenvalue weighted by molar-refractivity contribution is 6.32. The molecule has 0 spiro atoms. The molecule has 0 radical (unpaired) electrons. The summed E-state index contributed by atoms with van der Waals surface area (Å²) in [5.74, 6) is 0. The van der Waals surface area contributed by atoms with Crippen molar-refractivity contribution in [1.82, 2.24) is 14.7 Å². The van der Waals surface area contributed by atoms with Crippen LogP contribution in [0.3, 0.4) is 0 Å². The maximum Gasteiger partial charge on any atom is 0.287 e. The molecule has 7 heteroatoms. The molecule has 2 unspecified atom stereocenters. The standard InChI is InChI=1S/C14H21ClN4O2/c15-13-11(9-16-19(7-8-20)14(13)21)17-10-4-6-18-5-2-1-3-12(10)18/h9-10,12,17,20H,1-8H2. The van der Waals surface area contributed by atoms with E-state index < -0.39 is 0 Å². The molecule has 2 aliphatic rings. The molecule has 2 atom stereocenters. The second-order valence-corrected chi connectivity index (χ2v) is 6.14. The number of anilines is 1. The number of rotatable bonds is 4. The normalized spacial score (nSPS) is 25.8. The van der Waals surface area contributed by atoms with Crippen LogP contribution >= 0.6 is 11.6 Å². The molecule has 0 amide bonds. The zero-order valence-corrected chi connectivity index (χ0v) is 12.7. The number of aliphatic hydroxyl groups excluding tert-OH is 1. The van der Waals surface area contributed by atoms with Gasteiger partial charge in [0, 0.05) is 18.6 Å². The number of aromatic nitrogens is 2. The topological polar surface area (TPSA) is 70.4 Å².